The fourth-order valence-electron chi connectivity index (χ4n) is 2.48. The molecule has 1 aliphatic rings. The Balaban J connectivity index is 1.67. The van der Waals surface area contributed by atoms with Gasteiger partial charge in [0.15, 0.2) is 12.3 Å². The van der Waals surface area contributed by atoms with Crippen molar-refractivity contribution in [3.8, 4) is 5.88 Å². The first-order valence-corrected chi connectivity index (χ1v) is 8.26. The van der Waals surface area contributed by atoms with Gasteiger partial charge in [-0.3, -0.25) is 9.78 Å². The first-order chi connectivity index (χ1) is 13.3. The summed E-state index contributed by atoms with van der Waals surface area (Å²) >= 11 is 0. The Labute approximate surface area is 157 Å². The summed E-state index contributed by atoms with van der Waals surface area (Å²) in [6.07, 6.45) is -2.87. The third-order valence-electron chi connectivity index (χ3n) is 3.77. The third-order valence-corrected chi connectivity index (χ3v) is 3.77. The number of hydrogen-bond donors (Lipinski definition) is 2. The molecule has 28 heavy (non-hydrogen) atoms. The van der Waals surface area contributed by atoms with Crippen molar-refractivity contribution in [2.24, 2.45) is 0 Å². The normalized spacial score (nSPS) is 17.2. The number of anilines is 1. The Kier molecular flexibility index (Phi) is 6.05. The molecule has 2 N–H and O–H groups in total. The first kappa shape index (κ1) is 20.0. The van der Waals surface area contributed by atoms with Crippen LogP contribution in [-0.4, -0.2) is 48.4 Å². The van der Waals surface area contributed by atoms with Crippen LogP contribution in [0, 0.1) is 5.82 Å². The zero-order valence-electron chi connectivity index (χ0n) is 14.4. The average molecular weight is 400 g/mol. The second-order valence-electron chi connectivity index (χ2n) is 5.90. The third kappa shape index (κ3) is 5.36. The van der Waals surface area contributed by atoms with Crippen LogP contribution in [0.3, 0.4) is 0 Å². The van der Waals surface area contributed by atoms with Crippen LogP contribution in [0.1, 0.15) is 22.2 Å². The van der Waals surface area contributed by atoms with E-state index in [-0.39, 0.29) is 17.5 Å². The number of carbonyl (C=O) groups excluding carboxylic acids is 1. The van der Waals surface area contributed by atoms with E-state index >= 15 is 0 Å². The van der Waals surface area contributed by atoms with Crippen LogP contribution in [-0.2, 0) is 4.74 Å². The smallest absolute Gasteiger partial charge is 0.422 e. The van der Waals surface area contributed by atoms with E-state index in [4.69, 9.17) is 4.74 Å². The molecular formula is C17H16F4N4O3. The van der Waals surface area contributed by atoms with Crippen LogP contribution < -0.4 is 15.4 Å². The van der Waals surface area contributed by atoms with Gasteiger partial charge in [-0.15, -0.1) is 0 Å². The van der Waals surface area contributed by atoms with E-state index in [1.165, 1.54) is 12.1 Å². The number of rotatable bonds is 5. The number of halogens is 4. The van der Waals surface area contributed by atoms with Crippen LogP contribution in [0.15, 0.2) is 30.6 Å². The van der Waals surface area contributed by atoms with Crippen LogP contribution in [0.5, 0.6) is 5.88 Å². The monoisotopic (exact) mass is 400 g/mol. The number of hydrogen-bond acceptors (Lipinski definition) is 6. The van der Waals surface area contributed by atoms with E-state index in [1.807, 2.05) is 0 Å². The summed E-state index contributed by atoms with van der Waals surface area (Å²) in [5.41, 5.74) is 0.189. The van der Waals surface area contributed by atoms with Gasteiger partial charge in [0.2, 0.25) is 5.88 Å². The topological polar surface area (TPSA) is 85.4 Å². The lowest BCUT2D eigenvalue weighted by molar-refractivity contribution is -0.154. The molecule has 0 aliphatic carbocycles. The SMILES string of the molecule is O=C(Nc1ccc([C@H]2CNCCO2)cc1F)c1cncc(OCC(F)(F)F)n1. The largest absolute Gasteiger partial charge is 0.467 e. The van der Waals surface area contributed by atoms with Gasteiger partial charge in [-0.2, -0.15) is 13.2 Å². The van der Waals surface area contributed by atoms with Gasteiger partial charge in [0, 0.05) is 13.1 Å². The molecule has 1 aromatic carbocycles. The van der Waals surface area contributed by atoms with Crippen molar-refractivity contribution in [3.63, 3.8) is 0 Å². The molecule has 11 heteroatoms. The fourth-order valence-corrected chi connectivity index (χ4v) is 2.48. The van der Waals surface area contributed by atoms with Crippen LogP contribution >= 0.6 is 0 Å². The molecule has 0 saturated carbocycles. The van der Waals surface area contributed by atoms with E-state index < -0.39 is 30.4 Å². The predicted molar refractivity (Wildman–Crippen MR) is 89.5 cm³/mol. The zero-order chi connectivity index (χ0) is 20.1. The zero-order valence-corrected chi connectivity index (χ0v) is 14.4. The Morgan fingerprint density at radius 3 is 2.86 bits per heavy atom. The summed E-state index contributed by atoms with van der Waals surface area (Å²) in [4.78, 5) is 19.5. The van der Waals surface area contributed by atoms with Crippen molar-refractivity contribution in [2.45, 2.75) is 12.3 Å². The van der Waals surface area contributed by atoms with Crippen molar-refractivity contribution in [1.82, 2.24) is 15.3 Å². The highest BCUT2D eigenvalue weighted by molar-refractivity contribution is 6.02. The summed E-state index contributed by atoms with van der Waals surface area (Å²) < 4.78 is 60.9. The maximum absolute atomic E-state index is 14.3. The van der Waals surface area contributed by atoms with E-state index in [0.29, 0.717) is 18.7 Å². The number of benzene rings is 1. The summed E-state index contributed by atoms with van der Waals surface area (Å²) in [6, 6.07) is 4.24. The lowest BCUT2D eigenvalue weighted by Gasteiger charge is -2.24. The van der Waals surface area contributed by atoms with Crippen molar-refractivity contribution >= 4 is 11.6 Å². The van der Waals surface area contributed by atoms with Crippen LogP contribution in [0.2, 0.25) is 0 Å². The quantitative estimate of drug-likeness (QED) is 0.751. The summed E-state index contributed by atoms with van der Waals surface area (Å²) in [5.74, 6) is -1.99. The highest BCUT2D eigenvalue weighted by Crippen LogP contribution is 2.24. The Hall–Kier alpha value is -2.79. The standard InChI is InChI=1S/C17H16F4N4O3/c18-11-5-10(14-7-22-3-4-27-14)1-2-12(11)25-16(26)13-6-23-8-15(24-13)28-9-17(19,20)21/h1-2,5-6,8,14,22H,3-4,7,9H2,(H,25,26)/t14-/m1/s1. The Morgan fingerprint density at radius 2 is 2.18 bits per heavy atom. The molecule has 0 radical (unpaired) electrons. The van der Waals surface area contributed by atoms with Crippen LogP contribution in [0.25, 0.3) is 0 Å². The predicted octanol–water partition coefficient (Wildman–Crippen LogP) is 2.47. The molecule has 1 amide bonds. The average Bonchev–Trinajstić information content (AvgIpc) is 2.68. The molecule has 7 nitrogen and oxygen atoms in total. The number of ether oxygens (including phenoxy) is 2. The van der Waals surface area contributed by atoms with Crippen LogP contribution in [0.4, 0.5) is 23.2 Å². The molecule has 0 bridgehead atoms. The molecule has 150 valence electrons. The molecule has 2 heterocycles. The number of nitrogens with one attached hydrogen (secondary N) is 2. The summed E-state index contributed by atoms with van der Waals surface area (Å²) in [6.45, 7) is 0.211. The van der Waals surface area contributed by atoms with Gasteiger partial charge in [-0.05, 0) is 17.7 Å². The van der Waals surface area contributed by atoms with Crippen molar-refractivity contribution in [2.75, 3.05) is 31.6 Å². The summed E-state index contributed by atoms with van der Waals surface area (Å²) in [5, 5.41) is 5.44. The van der Waals surface area contributed by atoms with Gasteiger partial charge in [0.05, 0.1) is 30.8 Å². The number of morpholine rings is 1. The number of alkyl halides is 3. The van der Waals surface area contributed by atoms with E-state index in [9.17, 15) is 22.4 Å². The maximum Gasteiger partial charge on any atom is 0.422 e. The number of carbonyl (C=O) groups is 1. The Morgan fingerprint density at radius 1 is 1.36 bits per heavy atom. The van der Waals surface area contributed by atoms with Crippen molar-refractivity contribution < 1.29 is 31.8 Å². The molecule has 1 aliphatic heterocycles. The molecule has 2 aromatic rings. The van der Waals surface area contributed by atoms with Gasteiger partial charge >= 0.3 is 6.18 Å². The highest BCUT2D eigenvalue weighted by atomic mass is 19.4. The number of nitrogens with zero attached hydrogens (tertiary/aromatic N) is 2. The number of amides is 1. The second kappa shape index (κ2) is 8.48. The van der Waals surface area contributed by atoms with Crippen molar-refractivity contribution in [3.05, 3.63) is 47.7 Å². The van der Waals surface area contributed by atoms with Gasteiger partial charge in [-0.25, -0.2) is 9.37 Å². The highest BCUT2D eigenvalue weighted by Gasteiger charge is 2.29. The molecule has 0 spiro atoms. The molecular weight excluding hydrogens is 384 g/mol. The lowest BCUT2D eigenvalue weighted by atomic mass is 10.1. The minimum Gasteiger partial charge on any atom is -0.467 e. The second-order valence-corrected chi connectivity index (χ2v) is 5.90. The maximum atomic E-state index is 14.3. The molecule has 1 fully saturated rings. The number of aromatic nitrogens is 2. The molecule has 1 atom stereocenters. The van der Waals surface area contributed by atoms with E-state index in [1.54, 1.807) is 6.07 Å². The van der Waals surface area contributed by atoms with Gasteiger partial charge in [0.25, 0.3) is 5.91 Å². The minimum atomic E-state index is -4.55. The lowest BCUT2D eigenvalue weighted by Crippen LogP contribution is -2.33. The molecule has 1 aromatic heterocycles. The van der Waals surface area contributed by atoms with Gasteiger partial charge < -0.3 is 20.1 Å². The first-order valence-electron chi connectivity index (χ1n) is 8.26. The van der Waals surface area contributed by atoms with E-state index in [0.717, 1.165) is 18.9 Å². The van der Waals surface area contributed by atoms with Crippen molar-refractivity contribution in [1.29, 1.82) is 0 Å². The molecule has 0 unspecified atom stereocenters. The summed E-state index contributed by atoms with van der Waals surface area (Å²) in [7, 11) is 0. The van der Waals surface area contributed by atoms with Gasteiger partial charge in [-0.1, -0.05) is 6.07 Å². The van der Waals surface area contributed by atoms with Gasteiger partial charge in [0.1, 0.15) is 5.82 Å². The Bertz CT molecular complexity index is 841. The minimum absolute atomic E-state index is 0.110. The molecule has 3 rings (SSSR count). The fraction of sp³-hybridized carbons (Fsp3) is 0.353. The molecule has 1 saturated heterocycles. The van der Waals surface area contributed by atoms with E-state index in [2.05, 4.69) is 25.3 Å².